The molecule has 1 aromatic heterocycles. The Morgan fingerprint density at radius 3 is 2.86 bits per heavy atom. The van der Waals surface area contributed by atoms with E-state index in [9.17, 15) is 19.6 Å². The maximum absolute atomic E-state index is 12.7. The molecule has 0 unspecified atom stereocenters. The highest BCUT2D eigenvalue weighted by Crippen LogP contribution is 2.37. The Kier molecular flexibility index (Phi) is 6.39. The van der Waals surface area contributed by atoms with Gasteiger partial charge in [0, 0.05) is 41.9 Å². The van der Waals surface area contributed by atoms with Crippen molar-refractivity contribution < 1.29 is 19.1 Å². The van der Waals surface area contributed by atoms with Gasteiger partial charge in [-0.2, -0.15) is 10.4 Å². The molecule has 3 aliphatic rings. The maximum Gasteiger partial charge on any atom is 0.407 e. The van der Waals surface area contributed by atoms with E-state index in [2.05, 4.69) is 26.9 Å². The number of nitrogens with zero attached hydrogens (tertiary/aromatic N) is 3. The molecule has 1 aromatic carbocycles. The number of carbonyl (C=O) groups is 3. The zero-order valence-corrected chi connectivity index (χ0v) is 20.3. The third-order valence-electron chi connectivity index (χ3n) is 7.32. The lowest BCUT2D eigenvalue weighted by Crippen LogP contribution is -2.36. The number of aromatic amines is 1. The van der Waals surface area contributed by atoms with Crippen LogP contribution in [-0.2, 0) is 20.7 Å². The van der Waals surface area contributed by atoms with Crippen LogP contribution in [0, 0.1) is 11.3 Å². The zero-order valence-electron chi connectivity index (χ0n) is 20.3. The Labute approximate surface area is 209 Å². The van der Waals surface area contributed by atoms with Crippen molar-refractivity contribution in [3.63, 3.8) is 0 Å². The van der Waals surface area contributed by atoms with E-state index in [0.29, 0.717) is 42.0 Å². The van der Waals surface area contributed by atoms with Crippen molar-refractivity contribution in [2.75, 3.05) is 16.8 Å². The minimum Gasteiger partial charge on any atom is -0.446 e. The third kappa shape index (κ3) is 5.35. The fraction of sp³-hybridized carbons (Fsp3) is 0.500. The number of rotatable bonds is 7. The molecule has 2 heterocycles. The van der Waals surface area contributed by atoms with Gasteiger partial charge in [-0.3, -0.25) is 14.7 Å². The summed E-state index contributed by atoms with van der Waals surface area (Å²) in [5.74, 6) is 0.349. The van der Waals surface area contributed by atoms with E-state index >= 15 is 0 Å². The first-order chi connectivity index (χ1) is 17.3. The number of alkyl carbamates (subject to hydrolysis) is 1. The molecule has 5 rings (SSSR count). The number of aromatic nitrogens is 2. The number of nitriles is 1. The van der Waals surface area contributed by atoms with Crippen molar-refractivity contribution in [2.24, 2.45) is 0 Å². The molecule has 3 amide bonds. The second kappa shape index (κ2) is 9.64. The Balaban J connectivity index is 1.14. The number of nitrogens with one attached hydrogen (secondary N) is 3. The SMILES string of the molecule is CC1(NC(=O)O[C@H]2CC[C@H](c3cc(NC(=O)Cc4ccc(N5CCCC5=O)cc4C#N)n[nH]3)C2)CC1. The van der Waals surface area contributed by atoms with Crippen LogP contribution in [0.2, 0.25) is 0 Å². The first-order valence-electron chi connectivity index (χ1n) is 12.5. The molecule has 2 saturated carbocycles. The summed E-state index contributed by atoms with van der Waals surface area (Å²) in [6.45, 7) is 2.66. The quantitative estimate of drug-likeness (QED) is 0.543. The average Bonchev–Trinajstić information content (AvgIpc) is 3.25. The molecule has 3 N–H and O–H groups in total. The summed E-state index contributed by atoms with van der Waals surface area (Å²) < 4.78 is 5.58. The lowest BCUT2D eigenvalue weighted by atomic mass is 10.0. The van der Waals surface area contributed by atoms with Gasteiger partial charge < -0.3 is 20.3 Å². The first kappa shape index (κ1) is 23.9. The van der Waals surface area contributed by atoms with Gasteiger partial charge >= 0.3 is 6.09 Å². The Morgan fingerprint density at radius 2 is 2.14 bits per heavy atom. The molecule has 3 fully saturated rings. The van der Waals surface area contributed by atoms with Gasteiger partial charge in [-0.05, 0) is 63.1 Å². The van der Waals surface area contributed by atoms with E-state index in [1.54, 1.807) is 23.1 Å². The maximum atomic E-state index is 12.7. The van der Waals surface area contributed by atoms with Crippen LogP contribution in [0.25, 0.3) is 0 Å². The van der Waals surface area contributed by atoms with E-state index in [1.165, 1.54) is 0 Å². The number of benzene rings is 1. The van der Waals surface area contributed by atoms with Crippen LogP contribution < -0.4 is 15.5 Å². The summed E-state index contributed by atoms with van der Waals surface area (Å²) >= 11 is 0. The van der Waals surface area contributed by atoms with E-state index in [-0.39, 0.29) is 41.9 Å². The molecular formula is C26H30N6O4. The Morgan fingerprint density at radius 1 is 1.31 bits per heavy atom. The van der Waals surface area contributed by atoms with Crippen LogP contribution in [0.3, 0.4) is 0 Å². The predicted molar refractivity (Wildman–Crippen MR) is 131 cm³/mol. The summed E-state index contributed by atoms with van der Waals surface area (Å²) in [7, 11) is 0. The summed E-state index contributed by atoms with van der Waals surface area (Å²) in [5.41, 5.74) is 2.45. The number of anilines is 2. The fourth-order valence-corrected chi connectivity index (χ4v) is 4.95. The van der Waals surface area contributed by atoms with E-state index in [0.717, 1.165) is 37.8 Å². The second-order valence-electron chi connectivity index (χ2n) is 10.3. The number of ether oxygens (including phenoxy) is 1. The Bertz CT molecular complexity index is 1230. The molecule has 0 radical (unpaired) electrons. The minimum absolute atomic E-state index is 0.0205. The average molecular weight is 491 g/mol. The van der Waals surface area contributed by atoms with Crippen molar-refractivity contribution in [2.45, 2.75) is 75.9 Å². The van der Waals surface area contributed by atoms with Gasteiger partial charge in [-0.1, -0.05) is 6.07 Å². The number of H-pyrrole nitrogens is 1. The molecule has 36 heavy (non-hydrogen) atoms. The normalized spacial score (nSPS) is 22.2. The van der Waals surface area contributed by atoms with Crippen molar-refractivity contribution in [1.82, 2.24) is 15.5 Å². The van der Waals surface area contributed by atoms with Crippen LogP contribution in [0.5, 0.6) is 0 Å². The molecule has 188 valence electrons. The van der Waals surface area contributed by atoms with E-state index < -0.39 is 0 Å². The topological polar surface area (TPSA) is 140 Å². The van der Waals surface area contributed by atoms with Crippen LogP contribution >= 0.6 is 0 Å². The van der Waals surface area contributed by atoms with Crippen LogP contribution in [0.15, 0.2) is 24.3 Å². The van der Waals surface area contributed by atoms with Gasteiger partial charge in [0.05, 0.1) is 18.1 Å². The van der Waals surface area contributed by atoms with Crippen molar-refractivity contribution in [1.29, 1.82) is 5.26 Å². The second-order valence-corrected chi connectivity index (χ2v) is 10.3. The van der Waals surface area contributed by atoms with Crippen molar-refractivity contribution in [3.05, 3.63) is 41.1 Å². The molecule has 1 aliphatic heterocycles. The monoisotopic (exact) mass is 490 g/mol. The van der Waals surface area contributed by atoms with Crippen LogP contribution in [0.4, 0.5) is 16.3 Å². The smallest absolute Gasteiger partial charge is 0.407 e. The van der Waals surface area contributed by atoms with Crippen molar-refractivity contribution in [3.8, 4) is 6.07 Å². The summed E-state index contributed by atoms with van der Waals surface area (Å²) in [6, 6.07) is 9.13. The fourth-order valence-electron chi connectivity index (χ4n) is 4.95. The predicted octanol–water partition coefficient (Wildman–Crippen LogP) is 3.50. The van der Waals surface area contributed by atoms with Gasteiger partial charge in [-0.15, -0.1) is 0 Å². The highest BCUT2D eigenvalue weighted by atomic mass is 16.6. The van der Waals surface area contributed by atoms with E-state index in [4.69, 9.17) is 4.74 Å². The summed E-state index contributed by atoms with van der Waals surface area (Å²) in [5, 5.41) is 22.5. The summed E-state index contributed by atoms with van der Waals surface area (Å²) in [6.07, 6.45) is 5.18. The highest BCUT2D eigenvalue weighted by Gasteiger charge is 2.40. The first-order valence-corrected chi connectivity index (χ1v) is 12.5. The van der Waals surface area contributed by atoms with Crippen LogP contribution in [0.1, 0.15) is 74.6 Å². The van der Waals surface area contributed by atoms with Crippen LogP contribution in [-0.4, -0.2) is 46.3 Å². The van der Waals surface area contributed by atoms with E-state index in [1.807, 2.05) is 13.0 Å². The lowest BCUT2D eigenvalue weighted by molar-refractivity contribution is -0.117. The largest absolute Gasteiger partial charge is 0.446 e. The minimum atomic E-state index is -0.352. The van der Waals surface area contributed by atoms with Gasteiger partial charge in [0.25, 0.3) is 0 Å². The highest BCUT2D eigenvalue weighted by molar-refractivity contribution is 5.96. The molecule has 0 spiro atoms. The standard InChI is InChI=1S/C26H30N6O4/c1-26(8-9-26)29-25(35)36-20-7-5-17(12-20)21-14-22(31-30-21)28-23(33)13-16-4-6-19(11-18(16)15-27)32-10-2-3-24(32)34/h4,6,11,14,17,20H,2-3,5,7-10,12-13H2,1H3,(H,29,35)(H2,28,30,31,33)/t17-,20-/m0/s1. The molecule has 2 atom stereocenters. The van der Waals surface area contributed by atoms with Gasteiger partial charge in [0.15, 0.2) is 5.82 Å². The van der Waals surface area contributed by atoms with Gasteiger partial charge in [0.1, 0.15) is 6.10 Å². The lowest BCUT2D eigenvalue weighted by Gasteiger charge is -2.16. The molecule has 10 heteroatoms. The molecular weight excluding hydrogens is 460 g/mol. The summed E-state index contributed by atoms with van der Waals surface area (Å²) in [4.78, 5) is 38.4. The number of carbonyl (C=O) groups excluding carboxylic acids is 3. The number of amides is 3. The molecule has 1 saturated heterocycles. The van der Waals surface area contributed by atoms with Gasteiger partial charge in [0.2, 0.25) is 11.8 Å². The molecule has 0 bridgehead atoms. The van der Waals surface area contributed by atoms with Gasteiger partial charge in [-0.25, -0.2) is 4.79 Å². The number of hydrogen-bond acceptors (Lipinski definition) is 6. The third-order valence-corrected chi connectivity index (χ3v) is 7.32. The Hall–Kier alpha value is -3.87. The molecule has 2 aromatic rings. The van der Waals surface area contributed by atoms with Crippen molar-refractivity contribution >= 4 is 29.4 Å². The zero-order chi connectivity index (χ0) is 25.3. The molecule has 2 aliphatic carbocycles. The number of hydrogen-bond donors (Lipinski definition) is 3. The molecule has 10 nitrogen and oxygen atoms in total.